The van der Waals surface area contributed by atoms with Crippen molar-refractivity contribution in [2.45, 2.75) is 33.6 Å². The first-order chi connectivity index (χ1) is 4.70. The molecule has 0 heterocycles. The van der Waals surface area contributed by atoms with Gasteiger partial charge < -0.3 is 0 Å². The molecule has 0 rings (SSSR count). The van der Waals surface area contributed by atoms with Crippen LogP contribution in [0.25, 0.3) is 0 Å². The average molecular weight is 142 g/mol. The molecule has 1 unspecified atom stereocenters. The first-order valence-corrected chi connectivity index (χ1v) is 3.91. The van der Waals surface area contributed by atoms with Crippen molar-refractivity contribution in [3.63, 3.8) is 0 Å². The van der Waals surface area contributed by atoms with Gasteiger partial charge in [-0.1, -0.05) is 27.2 Å². The smallest absolute Gasteiger partial charge is 0.240 e. The lowest BCUT2D eigenvalue weighted by Crippen LogP contribution is -2.19. The number of nitrogens with zero attached hydrogens (tertiary/aromatic N) is 1. The van der Waals surface area contributed by atoms with Crippen LogP contribution in [-0.2, 0) is 4.79 Å². The maximum absolute atomic E-state index is 10.7. The Labute approximate surface area is 63.0 Å². The summed E-state index contributed by atoms with van der Waals surface area (Å²) in [5.74, 6) is 0.579. The Morgan fingerprint density at radius 1 is 1.50 bits per heavy atom. The zero-order chi connectivity index (χ0) is 7.98. The molecular weight excluding hydrogens is 126 g/mol. The van der Waals surface area contributed by atoms with Crippen molar-refractivity contribution in [2.75, 3.05) is 6.54 Å². The third kappa shape index (κ3) is 4.36. The van der Waals surface area contributed by atoms with Crippen molar-refractivity contribution in [3.8, 4) is 0 Å². The fourth-order valence-electron chi connectivity index (χ4n) is 0.499. The van der Waals surface area contributed by atoms with Crippen LogP contribution in [-0.4, -0.2) is 12.5 Å². The fourth-order valence-corrected chi connectivity index (χ4v) is 0.499. The van der Waals surface area contributed by atoms with Crippen molar-refractivity contribution in [1.29, 1.82) is 0 Å². The van der Waals surface area contributed by atoms with Crippen LogP contribution in [0.3, 0.4) is 0 Å². The lowest BCUT2D eigenvalue weighted by atomic mass is 10.1. The monoisotopic (exact) mass is 142 g/mol. The Bertz CT molecular complexity index is 101. The van der Waals surface area contributed by atoms with E-state index >= 15 is 0 Å². The van der Waals surface area contributed by atoms with Gasteiger partial charge in [0.05, 0.1) is 0 Å². The molecule has 0 aliphatic heterocycles. The summed E-state index contributed by atoms with van der Waals surface area (Å²) in [7, 11) is 0. The summed E-state index contributed by atoms with van der Waals surface area (Å²) in [6.45, 7) is 6.74. The molecule has 0 aromatic carbocycles. The predicted octanol–water partition coefficient (Wildman–Crippen LogP) is 1.57. The molecule has 59 valence electrons. The summed E-state index contributed by atoms with van der Waals surface area (Å²) >= 11 is 0. The minimum atomic E-state index is 0.0281. The first kappa shape index (κ1) is 9.47. The van der Waals surface area contributed by atoms with Gasteiger partial charge in [-0.2, -0.15) is 0 Å². The maximum atomic E-state index is 10.7. The summed E-state index contributed by atoms with van der Waals surface area (Å²) < 4.78 is 0. The highest BCUT2D eigenvalue weighted by atomic mass is 16.1. The molecule has 0 saturated carbocycles. The van der Waals surface area contributed by atoms with E-state index < -0.39 is 0 Å². The standard InChI is InChI=1S/C8H16NO/c1-4-7(3)6-9-8(10)5-2/h7H,4-6H2,1-3H3. The highest BCUT2D eigenvalue weighted by molar-refractivity contribution is 5.75. The zero-order valence-corrected chi connectivity index (χ0v) is 7.05. The molecular formula is C8H16NO. The summed E-state index contributed by atoms with van der Waals surface area (Å²) in [5.41, 5.74) is 0. The van der Waals surface area contributed by atoms with Gasteiger partial charge in [0.15, 0.2) is 0 Å². The largest absolute Gasteiger partial charge is 0.273 e. The summed E-state index contributed by atoms with van der Waals surface area (Å²) in [4.78, 5) is 10.7. The lowest BCUT2D eigenvalue weighted by Gasteiger charge is -2.05. The molecule has 0 aromatic heterocycles. The van der Waals surface area contributed by atoms with Crippen molar-refractivity contribution in [2.24, 2.45) is 5.92 Å². The van der Waals surface area contributed by atoms with Gasteiger partial charge in [0, 0.05) is 13.0 Å². The average Bonchev–Trinajstić information content (AvgIpc) is 1.99. The van der Waals surface area contributed by atoms with Crippen LogP contribution >= 0.6 is 0 Å². The molecule has 0 saturated heterocycles. The second kappa shape index (κ2) is 5.27. The number of rotatable bonds is 4. The van der Waals surface area contributed by atoms with Crippen molar-refractivity contribution >= 4 is 5.91 Å². The predicted molar refractivity (Wildman–Crippen MR) is 41.8 cm³/mol. The Hall–Kier alpha value is -0.530. The number of carbonyl (C=O) groups excluding carboxylic acids is 1. The third-order valence-electron chi connectivity index (χ3n) is 1.58. The minimum absolute atomic E-state index is 0.0281. The van der Waals surface area contributed by atoms with Crippen LogP contribution in [0.5, 0.6) is 0 Å². The van der Waals surface area contributed by atoms with Gasteiger partial charge in [0.1, 0.15) is 0 Å². The van der Waals surface area contributed by atoms with Crippen LogP contribution in [0.2, 0.25) is 0 Å². The second-order valence-corrected chi connectivity index (χ2v) is 2.60. The van der Waals surface area contributed by atoms with Crippen LogP contribution in [0, 0.1) is 5.92 Å². The number of amides is 1. The van der Waals surface area contributed by atoms with Crippen LogP contribution in [0.4, 0.5) is 0 Å². The number of hydrogen-bond acceptors (Lipinski definition) is 1. The van der Waals surface area contributed by atoms with Crippen molar-refractivity contribution < 1.29 is 4.79 Å². The topological polar surface area (TPSA) is 31.2 Å². The fraction of sp³-hybridized carbons (Fsp3) is 0.875. The SMILES string of the molecule is CCC(=O)[N]CC(C)CC. The minimum Gasteiger partial charge on any atom is -0.273 e. The van der Waals surface area contributed by atoms with Crippen LogP contribution in [0.15, 0.2) is 0 Å². The molecule has 2 nitrogen and oxygen atoms in total. The molecule has 1 radical (unpaired) electrons. The van der Waals surface area contributed by atoms with Gasteiger partial charge in [-0.15, -0.1) is 0 Å². The maximum Gasteiger partial charge on any atom is 0.240 e. The second-order valence-electron chi connectivity index (χ2n) is 2.60. The van der Waals surface area contributed by atoms with E-state index in [0.29, 0.717) is 18.9 Å². The van der Waals surface area contributed by atoms with Gasteiger partial charge in [0.25, 0.3) is 0 Å². The van der Waals surface area contributed by atoms with E-state index in [1.165, 1.54) is 0 Å². The Morgan fingerprint density at radius 3 is 2.50 bits per heavy atom. The highest BCUT2D eigenvalue weighted by Crippen LogP contribution is 1.97. The Balaban J connectivity index is 3.26. The number of carbonyl (C=O) groups is 1. The molecule has 10 heavy (non-hydrogen) atoms. The molecule has 0 fully saturated rings. The normalized spacial score (nSPS) is 12.7. The van der Waals surface area contributed by atoms with Crippen molar-refractivity contribution in [1.82, 2.24) is 5.32 Å². The quantitative estimate of drug-likeness (QED) is 0.586. The van der Waals surface area contributed by atoms with Crippen LogP contribution < -0.4 is 5.32 Å². The van der Waals surface area contributed by atoms with E-state index in [4.69, 9.17) is 0 Å². The van der Waals surface area contributed by atoms with Gasteiger partial charge in [-0.05, 0) is 5.92 Å². The van der Waals surface area contributed by atoms with E-state index in [0.717, 1.165) is 6.42 Å². The summed E-state index contributed by atoms with van der Waals surface area (Å²) in [6, 6.07) is 0. The van der Waals surface area contributed by atoms with Gasteiger partial charge in [0.2, 0.25) is 5.91 Å². The molecule has 0 aliphatic carbocycles. The molecule has 0 N–H and O–H groups in total. The first-order valence-electron chi connectivity index (χ1n) is 3.91. The molecule has 1 amide bonds. The molecule has 0 spiro atoms. The van der Waals surface area contributed by atoms with Gasteiger partial charge in [-0.3, -0.25) is 10.1 Å². The number of hydrogen-bond donors (Lipinski definition) is 0. The Kier molecular flexibility index (Phi) is 4.99. The van der Waals surface area contributed by atoms with E-state index in [1.807, 2.05) is 6.92 Å². The highest BCUT2D eigenvalue weighted by Gasteiger charge is 2.02. The van der Waals surface area contributed by atoms with E-state index in [9.17, 15) is 4.79 Å². The molecule has 0 aromatic rings. The molecule has 1 atom stereocenters. The van der Waals surface area contributed by atoms with E-state index in [-0.39, 0.29) is 5.91 Å². The summed E-state index contributed by atoms with van der Waals surface area (Å²) in [5, 5.41) is 3.87. The van der Waals surface area contributed by atoms with Gasteiger partial charge >= 0.3 is 0 Å². The van der Waals surface area contributed by atoms with E-state index in [2.05, 4.69) is 19.2 Å². The Morgan fingerprint density at radius 2 is 2.10 bits per heavy atom. The third-order valence-corrected chi connectivity index (χ3v) is 1.58. The molecule has 0 aliphatic rings. The summed E-state index contributed by atoms with van der Waals surface area (Å²) in [6.07, 6.45) is 1.64. The molecule has 2 heteroatoms. The zero-order valence-electron chi connectivity index (χ0n) is 7.05. The lowest BCUT2D eigenvalue weighted by molar-refractivity contribution is -0.121. The van der Waals surface area contributed by atoms with E-state index in [1.54, 1.807) is 0 Å². The van der Waals surface area contributed by atoms with Crippen molar-refractivity contribution in [3.05, 3.63) is 0 Å². The van der Waals surface area contributed by atoms with Gasteiger partial charge in [-0.25, -0.2) is 0 Å². The van der Waals surface area contributed by atoms with Crippen LogP contribution in [0.1, 0.15) is 33.6 Å². The molecule has 0 bridgehead atoms.